The van der Waals surface area contributed by atoms with Gasteiger partial charge in [-0.05, 0) is 31.2 Å². The van der Waals surface area contributed by atoms with Crippen LogP contribution < -0.4 is 5.32 Å². The second-order valence-corrected chi connectivity index (χ2v) is 8.72. The SMILES string of the molecule is CC(=O)N1CCC[C@]1(Cc1cc(-c2ccccc2)no1)C(=O)N[C@@H](C)c1cccs1. The van der Waals surface area contributed by atoms with Gasteiger partial charge < -0.3 is 14.7 Å². The van der Waals surface area contributed by atoms with E-state index in [1.807, 2.05) is 60.8 Å². The zero-order valence-electron chi connectivity index (χ0n) is 17.1. The number of nitrogens with zero attached hydrogens (tertiary/aromatic N) is 2. The highest BCUT2D eigenvalue weighted by Crippen LogP contribution is 2.35. The Kier molecular flexibility index (Phi) is 5.72. The Morgan fingerprint density at radius 3 is 2.77 bits per heavy atom. The lowest BCUT2D eigenvalue weighted by Crippen LogP contribution is -2.58. The van der Waals surface area contributed by atoms with Gasteiger partial charge in [-0.1, -0.05) is 41.6 Å². The molecule has 0 unspecified atom stereocenters. The number of nitrogens with one attached hydrogen (secondary N) is 1. The Labute approximate surface area is 179 Å². The maximum Gasteiger partial charge on any atom is 0.246 e. The molecule has 6 nitrogen and oxygen atoms in total. The summed E-state index contributed by atoms with van der Waals surface area (Å²) in [6.07, 6.45) is 1.67. The second kappa shape index (κ2) is 8.44. The number of thiophene rings is 1. The molecule has 0 bridgehead atoms. The van der Waals surface area contributed by atoms with Crippen molar-refractivity contribution in [2.45, 2.75) is 44.7 Å². The van der Waals surface area contributed by atoms with Gasteiger partial charge in [0.25, 0.3) is 0 Å². The number of hydrogen-bond donors (Lipinski definition) is 1. The third kappa shape index (κ3) is 3.89. The van der Waals surface area contributed by atoms with Gasteiger partial charge in [-0.2, -0.15) is 0 Å². The van der Waals surface area contributed by atoms with Crippen LogP contribution in [0.2, 0.25) is 0 Å². The average Bonchev–Trinajstić information content (AvgIpc) is 3.50. The van der Waals surface area contributed by atoms with Gasteiger partial charge in [-0.25, -0.2) is 0 Å². The fourth-order valence-corrected chi connectivity index (χ4v) is 4.94. The predicted octanol–water partition coefficient (Wildman–Crippen LogP) is 4.20. The number of hydrogen-bond acceptors (Lipinski definition) is 5. The van der Waals surface area contributed by atoms with Crippen molar-refractivity contribution < 1.29 is 14.1 Å². The first-order valence-corrected chi connectivity index (χ1v) is 11.0. The van der Waals surface area contributed by atoms with Crippen LogP contribution in [-0.4, -0.2) is 34.0 Å². The van der Waals surface area contributed by atoms with Gasteiger partial charge in [-0.15, -0.1) is 11.3 Å². The topological polar surface area (TPSA) is 75.4 Å². The van der Waals surface area contributed by atoms with Gasteiger partial charge in [0.05, 0.1) is 6.04 Å². The molecule has 0 aliphatic carbocycles. The minimum atomic E-state index is -0.967. The highest BCUT2D eigenvalue weighted by Gasteiger charge is 2.49. The van der Waals surface area contributed by atoms with E-state index >= 15 is 0 Å². The Balaban J connectivity index is 1.61. The maximum absolute atomic E-state index is 13.5. The molecule has 1 saturated heterocycles. The summed E-state index contributed by atoms with van der Waals surface area (Å²) in [7, 11) is 0. The number of amides is 2. The van der Waals surface area contributed by atoms with Gasteiger partial charge >= 0.3 is 0 Å². The fraction of sp³-hybridized carbons (Fsp3) is 0.348. The summed E-state index contributed by atoms with van der Waals surface area (Å²) in [5.41, 5.74) is 0.706. The standard InChI is InChI=1S/C23H25N3O3S/c1-16(21-10-6-13-30-21)24-22(28)23(11-7-12-26(23)17(2)27)15-19-14-20(25-29-19)18-8-4-3-5-9-18/h3-6,8-10,13-14,16H,7,11-12,15H2,1-2H3,(H,24,28)/t16-,23-/m0/s1. The van der Waals surface area contributed by atoms with Crippen molar-refractivity contribution in [3.05, 3.63) is 64.5 Å². The molecule has 2 amide bonds. The molecular formula is C23H25N3O3S. The number of rotatable bonds is 6. The number of aromatic nitrogens is 1. The van der Waals surface area contributed by atoms with Crippen LogP contribution in [0, 0.1) is 0 Å². The average molecular weight is 424 g/mol. The van der Waals surface area contributed by atoms with Crippen LogP contribution in [0.1, 0.15) is 43.4 Å². The van der Waals surface area contributed by atoms with E-state index in [0.717, 1.165) is 22.6 Å². The van der Waals surface area contributed by atoms with E-state index in [1.165, 1.54) is 6.92 Å². The maximum atomic E-state index is 13.5. The van der Waals surface area contributed by atoms with E-state index in [9.17, 15) is 9.59 Å². The van der Waals surface area contributed by atoms with Gasteiger partial charge in [0.15, 0.2) is 0 Å². The minimum Gasteiger partial charge on any atom is -0.361 e. The Bertz CT molecular complexity index is 1020. The Morgan fingerprint density at radius 2 is 2.07 bits per heavy atom. The van der Waals surface area contributed by atoms with Gasteiger partial charge in [0.1, 0.15) is 17.0 Å². The van der Waals surface area contributed by atoms with Crippen LogP contribution in [0.4, 0.5) is 0 Å². The molecule has 1 aliphatic heterocycles. The predicted molar refractivity (Wildman–Crippen MR) is 116 cm³/mol. The number of likely N-dealkylation sites (tertiary alicyclic amines) is 1. The lowest BCUT2D eigenvalue weighted by atomic mass is 9.88. The zero-order chi connectivity index (χ0) is 21.1. The highest BCUT2D eigenvalue weighted by molar-refractivity contribution is 7.10. The lowest BCUT2D eigenvalue weighted by Gasteiger charge is -2.36. The summed E-state index contributed by atoms with van der Waals surface area (Å²) in [6.45, 7) is 4.05. The van der Waals surface area contributed by atoms with Gasteiger partial charge in [0.2, 0.25) is 11.8 Å². The highest BCUT2D eigenvalue weighted by atomic mass is 32.1. The largest absolute Gasteiger partial charge is 0.361 e. The molecule has 0 radical (unpaired) electrons. The monoisotopic (exact) mass is 423 g/mol. The fourth-order valence-electron chi connectivity index (χ4n) is 4.21. The van der Waals surface area contributed by atoms with Gasteiger partial charge in [0, 0.05) is 36.4 Å². The first kappa shape index (κ1) is 20.3. The van der Waals surface area contributed by atoms with E-state index in [-0.39, 0.29) is 17.9 Å². The third-order valence-corrected chi connectivity index (χ3v) is 6.76. The molecule has 1 N–H and O–H groups in total. The summed E-state index contributed by atoms with van der Waals surface area (Å²) in [5.74, 6) is 0.351. The molecule has 4 rings (SSSR count). The summed E-state index contributed by atoms with van der Waals surface area (Å²) in [5, 5.41) is 9.30. The van der Waals surface area contributed by atoms with E-state index in [2.05, 4.69) is 10.5 Å². The Hall–Kier alpha value is -2.93. The number of benzene rings is 1. The molecular weight excluding hydrogens is 398 g/mol. The molecule has 30 heavy (non-hydrogen) atoms. The molecule has 2 atom stereocenters. The number of carbonyl (C=O) groups excluding carboxylic acids is 2. The molecule has 7 heteroatoms. The second-order valence-electron chi connectivity index (χ2n) is 7.74. The summed E-state index contributed by atoms with van der Waals surface area (Å²) < 4.78 is 5.60. The van der Waals surface area contributed by atoms with E-state index < -0.39 is 5.54 Å². The summed E-state index contributed by atoms with van der Waals surface area (Å²) in [4.78, 5) is 28.7. The van der Waals surface area contributed by atoms with Crippen molar-refractivity contribution >= 4 is 23.2 Å². The summed E-state index contributed by atoms with van der Waals surface area (Å²) in [6, 6.07) is 15.5. The smallest absolute Gasteiger partial charge is 0.246 e. The molecule has 0 saturated carbocycles. The van der Waals surface area contributed by atoms with E-state index in [0.29, 0.717) is 25.1 Å². The molecule has 1 fully saturated rings. The molecule has 2 aromatic heterocycles. The molecule has 3 aromatic rings. The van der Waals surface area contributed by atoms with Crippen molar-refractivity contribution in [2.75, 3.05) is 6.54 Å². The van der Waals surface area contributed by atoms with Crippen molar-refractivity contribution in [3.8, 4) is 11.3 Å². The molecule has 3 heterocycles. The van der Waals surface area contributed by atoms with E-state index in [4.69, 9.17) is 4.52 Å². The van der Waals surface area contributed by atoms with Crippen LogP contribution in [0.25, 0.3) is 11.3 Å². The van der Waals surface area contributed by atoms with Crippen LogP contribution in [0.5, 0.6) is 0 Å². The molecule has 1 aromatic carbocycles. The zero-order valence-corrected chi connectivity index (χ0v) is 17.9. The van der Waals surface area contributed by atoms with Crippen LogP contribution in [0.15, 0.2) is 58.4 Å². The molecule has 0 spiro atoms. The molecule has 156 valence electrons. The van der Waals surface area contributed by atoms with Crippen molar-refractivity contribution in [2.24, 2.45) is 0 Å². The quantitative estimate of drug-likeness (QED) is 0.645. The molecule has 1 aliphatic rings. The van der Waals surface area contributed by atoms with E-state index in [1.54, 1.807) is 16.2 Å². The van der Waals surface area contributed by atoms with Crippen molar-refractivity contribution in [1.82, 2.24) is 15.4 Å². The lowest BCUT2D eigenvalue weighted by molar-refractivity contribution is -0.144. The summed E-state index contributed by atoms with van der Waals surface area (Å²) >= 11 is 1.60. The van der Waals surface area contributed by atoms with Crippen molar-refractivity contribution in [1.29, 1.82) is 0 Å². The normalized spacial score (nSPS) is 19.6. The van der Waals surface area contributed by atoms with Crippen molar-refractivity contribution in [3.63, 3.8) is 0 Å². The first-order valence-electron chi connectivity index (χ1n) is 10.1. The first-order chi connectivity index (χ1) is 14.5. The number of carbonyl (C=O) groups is 2. The van der Waals surface area contributed by atoms with Gasteiger partial charge in [-0.3, -0.25) is 9.59 Å². The van der Waals surface area contributed by atoms with Crippen LogP contribution in [0.3, 0.4) is 0 Å². The third-order valence-electron chi connectivity index (χ3n) is 5.70. The van der Waals surface area contributed by atoms with Crippen LogP contribution >= 0.6 is 11.3 Å². The minimum absolute atomic E-state index is 0.103. The van der Waals surface area contributed by atoms with Crippen LogP contribution in [-0.2, 0) is 16.0 Å². The Morgan fingerprint density at radius 1 is 1.27 bits per heavy atom.